The maximum atomic E-state index is 8.72. The van der Waals surface area contributed by atoms with E-state index in [9.17, 15) is 0 Å². The van der Waals surface area contributed by atoms with Crippen molar-refractivity contribution < 1.29 is 14.6 Å². The maximum absolute atomic E-state index is 8.72. The Morgan fingerprint density at radius 3 is 2.44 bits per heavy atom. The van der Waals surface area contributed by atoms with Gasteiger partial charge in [0.2, 0.25) is 0 Å². The molecular weight excluding hydrogens is 206 g/mol. The van der Waals surface area contributed by atoms with Crippen LogP contribution in [0.1, 0.15) is 12.0 Å². The van der Waals surface area contributed by atoms with Crippen molar-refractivity contribution in [3.63, 3.8) is 0 Å². The van der Waals surface area contributed by atoms with Crippen LogP contribution < -0.4 is 14.8 Å². The summed E-state index contributed by atoms with van der Waals surface area (Å²) in [6.07, 6.45) is 0.708. The molecule has 0 heterocycles. The number of aliphatic hydroxyl groups is 1. The molecule has 0 aliphatic heterocycles. The highest BCUT2D eigenvalue weighted by molar-refractivity contribution is 5.62. The lowest BCUT2D eigenvalue weighted by atomic mass is 10.2. The molecule has 0 bridgehead atoms. The molecule has 0 aliphatic carbocycles. The fraction of sp³-hybridized carbons (Fsp3) is 0.500. The van der Waals surface area contributed by atoms with Gasteiger partial charge in [-0.25, -0.2) is 0 Å². The number of methoxy groups -OCH3 is 2. The van der Waals surface area contributed by atoms with Crippen LogP contribution in [0.3, 0.4) is 0 Å². The number of aliphatic hydroxyl groups excluding tert-OH is 1. The normalized spacial score (nSPS) is 10.0. The molecule has 0 spiro atoms. The minimum atomic E-state index is 0.179. The molecule has 16 heavy (non-hydrogen) atoms. The average molecular weight is 225 g/mol. The molecule has 0 aliphatic rings. The fourth-order valence-electron chi connectivity index (χ4n) is 1.49. The van der Waals surface area contributed by atoms with Crippen molar-refractivity contribution >= 4 is 5.69 Å². The summed E-state index contributed by atoms with van der Waals surface area (Å²) in [5.74, 6) is 1.61. The van der Waals surface area contributed by atoms with Crippen LogP contribution >= 0.6 is 0 Å². The predicted molar refractivity (Wildman–Crippen MR) is 64.5 cm³/mol. The first-order valence-corrected chi connectivity index (χ1v) is 5.30. The number of ether oxygens (including phenoxy) is 2. The number of rotatable bonds is 6. The summed E-state index contributed by atoms with van der Waals surface area (Å²) in [4.78, 5) is 0. The zero-order valence-electron chi connectivity index (χ0n) is 10.0. The lowest BCUT2D eigenvalue weighted by Gasteiger charge is -2.14. The van der Waals surface area contributed by atoms with Crippen molar-refractivity contribution in [2.45, 2.75) is 13.3 Å². The van der Waals surface area contributed by atoms with E-state index >= 15 is 0 Å². The Hall–Kier alpha value is -1.42. The van der Waals surface area contributed by atoms with Crippen molar-refractivity contribution in [3.8, 4) is 11.5 Å². The van der Waals surface area contributed by atoms with Crippen molar-refractivity contribution in [1.29, 1.82) is 0 Å². The number of benzene rings is 1. The summed E-state index contributed by atoms with van der Waals surface area (Å²) in [7, 11) is 3.28. The van der Waals surface area contributed by atoms with Crippen molar-refractivity contribution in [3.05, 3.63) is 17.7 Å². The third-order valence-corrected chi connectivity index (χ3v) is 2.37. The average Bonchev–Trinajstić information content (AvgIpc) is 2.30. The molecule has 1 aromatic rings. The Morgan fingerprint density at radius 1 is 1.19 bits per heavy atom. The molecule has 4 heteroatoms. The van der Waals surface area contributed by atoms with Gasteiger partial charge in [-0.1, -0.05) is 0 Å². The molecule has 0 saturated carbocycles. The predicted octanol–water partition coefficient (Wildman–Crippen LogP) is 1.81. The van der Waals surface area contributed by atoms with Crippen LogP contribution in [0.5, 0.6) is 11.5 Å². The van der Waals surface area contributed by atoms with Gasteiger partial charge in [-0.3, -0.25) is 0 Å². The summed E-state index contributed by atoms with van der Waals surface area (Å²) >= 11 is 0. The van der Waals surface area contributed by atoms with Crippen LogP contribution in [0.25, 0.3) is 0 Å². The van der Waals surface area contributed by atoms with Crippen LogP contribution in [0.4, 0.5) is 5.69 Å². The van der Waals surface area contributed by atoms with E-state index in [1.165, 1.54) is 0 Å². The quantitative estimate of drug-likeness (QED) is 0.725. The third-order valence-electron chi connectivity index (χ3n) is 2.37. The lowest BCUT2D eigenvalue weighted by molar-refractivity contribution is 0.292. The maximum Gasteiger partial charge on any atom is 0.142 e. The van der Waals surface area contributed by atoms with Crippen molar-refractivity contribution in [2.75, 3.05) is 32.7 Å². The minimum Gasteiger partial charge on any atom is -0.496 e. The third kappa shape index (κ3) is 3.03. The SMILES string of the molecule is COc1cc(NCCCO)c(OC)cc1C. The minimum absolute atomic E-state index is 0.179. The molecule has 4 nitrogen and oxygen atoms in total. The van der Waals surface area contributed by atoms with Crippen LogP contribution in [0.2, 0.25) is 0 Å². The molecule has 0 radical (unpaired) electrons. The van der Waals surface area contributed by atoms with Gasteiger partial charge >= 0.3 is 0 Å². The first-order valence-electron chi connectivity index (χ1n) is 5.30. The molecule has 2 N–H and O–H groups in total. The largest absolute Gasteiger partial charge is 0.496 e. The van der Waals surface area contributed by atoms with Gasteiger partial charge in [0.05, 0.1) is 19.9 Å². The molecule has 0 amide bonds. The summed E-state index contributed by atoms with van der Waals surface area (Å²) in [6, 6.07) is 3.84. The van der Waals surface area contributed by atoms with Gasteiger partial charge in [0.1, 0.15) is 11.5 Å². The number of hydrogen-bond donors (Lipinski definition) is 2. The van der Waals surface area contributed by atoms with Gasteiger partial charge in [0.15, 0.2) is 0 Å². The van der Waals surface area contributed by atoms with Gasteiger partial charge in [0.25, 0.3) is 0 Å². The summed E-state index contributed by atoms with van der Waals surface area (Å²) < 4.78 is 10.5. The second-order valence-corrected chi connectivity index (χ2v) is 3.53. The molecule has 0 atom stereocenters. The van der Waals surface area contributed by atoms with Crippen LogP contribution in [0, 0.1) is 6.92 Å². The Bertz CT molecular complexity index is 339. The first kappa shape index (κ1) is 12.6. The van der Waals surface area contributed by atoms with E-state index in [4.69, 9.17) is 14.6 Å². The summed E-state index contributed by atoms with van der Waals surface area (Å²) in [6.45, 7) is 2.86. The van der Waals surface area contributed by atoms with Gasteiger partial charge in [-0.05, 0) is 25.0 Å². The lowest BCUT2D eigenvalue weighted by Crippen LogP contribution is -2.05. The van der Waals surface area contributed by atoms with E-state index in [1.54, 1.807) is 14.2 Å². The van der Waals surface area contributed by atoms with E-state index in [-0.39, 0.29) is 6.61 Å². The standard InChI is InChI=1S/C12H19NO3/c1-9-7-12(16-3)10(8-11(9)15-2)13-5-4-6-14/h7-8,13-14H,4-6H2,1-3H3. The molecule has 0 fully saturated rings. The number of aryl methyl sites for hydroxylation is 1. The Labute approximate surface area is 96.2 Å². The second-order valence-electron chi connectivity index (χ2n) is 3.53. The highest BCUT2D eigenvalue weighted by Gasteiger charge is 2.07. The summed E-state index contributed by atoms with van der Waals surface area (Å²) in [5.41, 5.74) is 1.92. The van der Waals surface area contributed by atoms with Crippen LogP contribution in [-0.4, -0.2) is 32.5 Å². The summed E-state index contributed by atoms with van der Waals surface area (Å²) in [5, 5.41) is 11.9. The highest BCUT2D eigenvalue weighted by Crippen LogP contribution is 2.32. The molecule has 90 valence electrons. The Kier molecular flexibility index (Phi) is 4.92. The number of nitrogens with one attached hydrogen (secondary N) is 1. The topological polar surface area (TPSA) is 50.7 Å². The van der Waals surface area contributed by atoms with Gasteiger partial charge < -0.3 is 19.9 Å². The molecule has 1 rings (SSSR count). The second kappa shape index (κ2) is 6.23. The van der Waals surface area contributed by atoms with E-state index < -0.39 is 0 Å². The number of anilines is 1. The zero-order chi connectivity index (χ0) is 12.0. The zero-order valence-corrected chi connectivity index (χ0v) is 10.0. The van der Waals surface area contributed by atoms with Crippen molar-refractivity contribution in [2.24, 2.45) is 0 Å². The molecule has 0 unspecified atom stereocenters. The smallest absolute Gasteiger partial charge is 0.142 e. The van der Waals surface area contributed by atoms with E-state index in [1.807, 2.05) is 19.1 Å². The monoisotopic (exact) mass is 225 g/mol. The van der Waals surface area contributed by atoms with E-state index in [2.05, 4.69) is 5.32 Å². The first-order chi connectivity index (χ1) is 7.72. The van der Waals surface area contributed by atoms with E-state index in [0.717, 1.165) is 22.7 Å². The van der Waals surface area contributed by atoms with Gasteiger partial charge in [0, 0.05) is 19.2 Å². The molecule has 0 aromatic heterocycles. The Balaban J connectivity index is 2.86. The fourth-order valence-corrected chi connectivity index (χ4v) is 1.49. The molecule has 0 saturated heterocycles. The van der Waals surface area contributed by atoms with E-state index in [0.29, 0.717) is 13.0 Å². The number of hydrogen-bond acceptors (Lipinski definition) is 4. The van der Waals surface area contributed by atoms with Crippen molar-refractivity contribution in [1.82, 2.24) is 0 Å². The Morgan fingerprint density at radius 2 is 1.88 bits per heavy atom. The van der Waals surface area contributed by atoms with Crippen LogP contribution in [-0.2, 0) is 0 Å². The van der Waals surface area contributed by atoms with Gasteiger partial charge in [-0.15, -0.1) is 0 Å². The van der Waals surface area contributed by atoms with Gasteiger partial charge in [-0.2, -0.15) is 0 Å². The highest BCUT2D eigenvalue weighted by atomic mass is 16.5. The molecular formula is C12H19NO3. The molecule has 1 aromatic carbocycles. The van der Waals surface area contributed by atoms with Crippen LogP contribution in [0.15, 0.2) is 12.1 Å².